The van der Waals surface area contributed by atoms with Gasteiger partial charge in [0.05, 0.1) is 6.42 Å². The number of aliphatic carboxylic acids is 1. The van der Waals surface area contributed by atoms with Crippen LogP contribution in [0.5, 0.6) is 0 Å². The maximum Gasteiger partial charge on any atom is 0.326 e. The fourth-order valence-corrected chi connectivity index (χ4v) is 8.61. The third kappa shape index (κ3) is 14.3. The van der Waals surface area contributed by atoms with Crippen molar-refractivity contribution in [3.8, 4) is 11.1 Å². The Balaban J connectivity index is 1.24. The quantitative estimate of drug-likeness (QED) is 0.0824. The second-order valence-electron chi connectivity index (χ2n) is 16.7. The Hall–Kier alpha value is -7.95. The normalized spacial score (nSPS) is 19.9. The first kappa shape index (κ1) is 49.0. The van der Waals surface area contributed by atoms with Gasteiger partial charge < -0.3 is 42.1 Å². The summed E-state index contributed by atoms with van der Waals surface area (Å²) < 4.78 is 0. The number of aliphatic hydroxyl groups is 1. The number of nitrogens with one attached hydrogen (secondary N) is 6. The number of anilines is 1. The van der Waals surface area contributed by atoms with Crippen LogP contribution in [0.1, 0.15) is 33.6 Å². The molecule has 0 radical (unpaired) electrons. The molecule has 0 spiro atoms. The SMILES string of the molecule is O=C1C[C@@H](O)C(=O)Nc2ccc(cc2)C[C@H](C(=O)N[C@@H](Cc2ccccc2)C(=O)O)NC(=O)[C@H](Cc2ccccc2)NC(=O)[C@@H](Cc2ccc(-c3ccccc3)cc2)NC(=O)[C@H](Cc2cccs2)N1. The second-order valence-corrected chi connectivity index (χ2v) is 17.8. The number of hydrogen-bond acceptors (Lipinski definition) is 9. The molecule has 15 nitrogen and oxygen atoms in total. The van der Waals surface area contributed by atoms with Gasteiger partial charge in [0.25, 0.3) is 5.91 Å². The zero-order valence-electron chi connectivity index (χ0n) is 37.4. The summed E-state index contributed by atoms with van der Waals surface area (Å²) in [5, 5.41) is 39.1. The number of thiophene rings is 1. The molecule has 0 aliphatic carbocycles. The van der Waals surface area contributed by atoms with Gasteiger partial charge in [0, 0.05) is 42.7 Å². The van der Waals surface area contributed by atoms with Crippen LogP contribution in [0, 0.1) is 0 Å². The molecule has 1 aromatic heterocycles. The average Bonchev–Trinajstić information content (AvgIpc) is 3.87. The van der Waals surface area contributed by atoms with E-state index < -0.39 is 84.1 Å². The highest BCUT2D eigenvalue weighted by Gasteiger charge is 2.34. The second kappa shape index (κ2) is 23.7. The van der Waals surface area contributed by atoms with Crippen LogP contribution in [-0.4, -0.2) is 87.9 Å². The van der Waals surface area contributed by atoms with Gasteiger partial charge in [-0.25, -0.2) is 4.79 Å². The molecule has 3 heterocycles. The van der Waals surface area contributed by atoms with Gasteiger partial charge in [0.15, 0.2) is 0 Å². The van der Waals surface area contributed by atoms with Crippen LogP contribution in [0.15, 0.2) is 157 Å². The minimum atomic E-state index is -1.82. The molecule has 0 fully saturated rings. The number of amides is 6. The minimum Gasteiger partial charge on any atom is -0.480 e. The molecule has 6 atom stereocenters. The number of carbonyl (C=O) groups is 7. The lowest BCUT2D eigenvalue weighted by atomic mass is 9.98. The first-order valence-electron chi connectivity index (χ1n) is 22.4. The Morgan fingerprint density at radius 1 is 0.565 bits per heavy atom. The topological polar surface area (TPSA) is 232 Å². The predicted molar refractivity (Wildman–Crippen MR) is 261 cm³/mol. The molecule has 8 N–H and O–H groups in total. The minimum absolute atomic E-state index is 0.0145. The first-order chi connectivity index (χ1) is 33.4. The zero-order chi connectivity index (χ0) is 48.7. The van der Waals surface area contributed by atoms with E-state index in [9.17, 15) is 43.8 Å². The van der Waals surface area contributed by atoms with Crippen molar-refractivity contribution in [2.45, 2.75) is 74.8 Å². The number of benzene rings is 5. The summed E-state index contributed by atoms with van der Waals surface area (Å²) >= 11 is 1.35. The smallest absolute Gasteiger partial charge is 0.326 e. The highest BCUT2D eigenvalue weighted by molar-refractivity contribution is 7.09. The summed E-state index contributed by atoms with van der Waals surface area (Å²) in [5.41, 5.74) is 4.60. The zero-order valence-corrected chi connectivity index (χ0v) is 38.2. The van der Waals surface area contributed by atoms with Gasteiger partial charge in [-0.2, -0.15) is 0 Å². The fraction of sp³-hybridized carbons (Fsp3) is 0.226. The van der Waals surface area contributed by atoms with Gasteiger partial charge in [-0.15, -0.1) is 11.3 Å². The molecular weight excluding hydrogens is 897 g/mol. The molecule has 354 valence electrons. The van der Waals surface area contributed by atoms with Crippen molar-refractivity contribution in [1.82, 2.24) is 26.6 Å². The maximum absolute atomic E-state index is 14.8. The number of carboxylic acid groups (broad SMARTS) is 1. The van der Waals surface area contributed by atoms with E-state index in [0.29, 0.717) is 22.3 Å². The summed E-state index contributed by atoms with van der Waals surface area (Å²) in [6.45, 7) is 0. The van der Waals surface area contributed by atoms with Crippen molar-refractivity contribution in [3.05, 3.63) is 184 Å². The van der Waals surface area contributed by atoms with Crippen LogP contribution >= 0.6 is 11.3 Å². The summed E-state index contributed by atoms with van der Waals surface area (Å²) in [6.07, 6.45) is -2.79. The number of carboxylic acids is 1. The van der Waals surface area contributed by atoms with E-state index >= 15 is 0 Å². The van der Waals surface area contributed by atoms with E-state index in [-0.39, 0.29) is 37.8 Å². The molecule has 2 aliphatic heterocycles. The molecule has 2 bridgehead atoms. The van der Waals surface area contributed by atoms with Gasteiger partial charge in [-0.05, 0) is 57.0 Å². The summed E-state index contributed by atoms with van der Waals surface area (Å²) in [6, 6.07) is 37.8. The Morgan fingerprint density at radius 3 is 1.68 bits per heavy atom. The highest BCUT2D eigenvalue weighted by Crippen LogP contribution is 2.21. The van der Waals surface area contributed by atoms with Crippen LogP contribution in [0.3, 0.4) is 0 Å². The van der Waals surface area contributed by atoms with Gasteiger partial charge in [0.2, 0.25) is 29.5 Å². The van der Waals surface area contributed by atoms with Crippen molar-refractivity contribution in [2.24, 2.45) is 0 Å². The van der Waals surface area contributed by atoms with Gasteiger partial charge in [-0.1, -0.05) is 133 Å². The lowest BCUT2D eigenvalue weighted by Crippen LogP contribution is -2.60. The predicted octanol–water partition coefficient (Wildman–Crippen LogP) is 4.14. The molecule has 69 heavy (non-hydrogen) atoms. The van der Waals surface area contributed by atoms with Crippen molar-refractivity contribution < 1.29 is 43.8 Å². The molecule has 5 aromatic carbocycles. The number of hydrogen-bond donors (Lipinski definition) is 8. The monoisotopic (exact) mass is 948 g/mol. The van der Waals surface area contributed by atoms with Gasteiger partial charge >= 0.3 is 5.97 Å². The van der Waals surface area contributed by atoms with Crippen molar-refractivity contribution in [2.75, 3.05) is 5.32 Å². The van der Waals surface area contributed by atoms with Crippen LogP contribution < -0.4 is 31.9 Å². The molecule has 6 aromatic rings. The van der Waals surface area contributed by atoms with E-state index in [1.54, 1.807) is 90.3 Å². The third-order valence-corrected chi connectivity index (χ3v) is 12.5. The molecule has 0 saturated carbocycles. The van der Waals surface area contributed by atoms with Crippen LogP contribution in [0.2, 0.25) is 0 Å². The van der Waals surface area contributed by atoms with Crippen molar-refractivity contribution in [3.63, 3.8) is 0 Å². The molecule has 2 aliphatic rings. The summed E-state index contributed by atoms with van der Waals surface area (Å²) in [4.78, 5) is 97.9. The number of rotatable bonds is 12. The van der Waals surface area contributed by atoms with Crippen molar-refractivity contribution >= 4 is 58.4 Å². The molecule has 16 heteroatoms. The lowest BCUT2D eigenvalue weighted by molar-refractivity contribution is -0.142. The van der Waals surface area contributed by atoms with Gasteiger partial charge in [-0.3, -0.25) is 28.8 Å². The van der Waals surface area contributed by atoms with Crippen molar-refractivity contribution in [1.29, 1.82) is 0 Å². The van der Waals surface area contributed by atoms with Crippen LogP contribution in [0.25, 0.3) is 11.1 Å². The summed E-state index contributed by atoms with van der Waals surface area (Å²) in [5.74, 6) is -6.08. The van der Waals surface area contributed by atoms with Crippen LogP contribution in [-0.2, 0) is 65.7 Å². The number of aliphatic hydroxyl groups excluding tert-OH is 1. The Morgan fingerprint density at radius 2 is 1.10 bits per heavy atom. The molecule has 6 amide bonds. The Kier molecular flexibility index (Phi) is 16.8. The summed E-state index contributed by atoms with van der Waals surface area (Å²) in [7, 11) is 0. The van der Waals surface area contributed by atoms with Gasteiger partial charge in [0.1, 0.15) is 36.3 Å². The molecule has 0 saturated heterocycles. The first-order valence-corrected chi connectivity index (χ1v) is 23.3. The third-order valence-electron chi connectivity index (χ3n) is 11.6. The number of fused-ring (bicyclic) bond motifs is 18. The van der Waals surface area contributed by atoms with E-state index in [1.807, 2.05) is 54.6 Å². The van der Waals surface area contributed by atoms with Crippen LogP contribution in [0.4, 0.5) is 5.69 Å². The fourth-order valence-electron chi connectivity index (χ4n) is 7.86. The Labute approximate surface area is 402 Å². The standard InChI is InChI=1S/C53H52N6O9S/c60-46-32-47(61)55-44(31-40-17-10-26-69-40)51(65)58-42(28-35-18-22-38(23-19-35)37-15-8-3-9-16-37)49(63)56-41(27-33-11-4-1-5-12-33)48(62)57-43(29-36-20-24-39(25-21-36)54-52(46)66)50(64)59-45(53(67)68)30-34-13-6-2-7-14-34/h1-26,41-46,60H,27-32H2,(H,54,66)(H,55,61)(H,56,63)(H,57,62)(H,58,65)(H,59,64)(H,67,68)/t41-,42+,43+,44-,45-,46+/m0/s1. The highest BCUT2D eigenvalue weighted by atomic mass is 32.1. The van der Waals surface area contributed by atoms with E-state index in [4.69, 9.17) is 0 Å². The lowest BCUT2D eigenvalue weighted by Gasteiger charge is -2.27. The maximum atomic E-state index is 14.8. The Bertz CT molecular complexity index is 2710. The number of carbonyl (C=O) groups excluding carboxylic acids is 6. The molecular formula is C53H52N6O9S. The largest absolute Gasteiger partial charge is 0.480 e. The van der Waals surface area contributed by atoms with E-state index in [2.05, 4.69) is 31.9 Å². The average molecular weight is 949 g/mol. The molecule has 8 rings (SSSR count). The van der Waals surface area contributed by atoms with E-state index in [1.165, 1.54) is 23.5 Å². The molecule has 0 unspecified atom stereocenters. The van der Waals surface area contributed by atoms with E-state index in [0.717, 1.165) is 16.0 Å².